The van der Waals surface area contributed by atoms with E-state index in [2.05, 4.69) is 0 Å². The van der Waals surface area contributed by atoms with Gasteiger partial charge in [0.2, 0.25) is 0 Å². The van der Waals surface area contributed by atoms with E-state index in [-0.39, 0.29) is 5.82 Å². The quantitative estimate of drug-likeness (QED) is 0.551. The second-order valence-corrected chi connectivity index (χ2v) is 3.58. The van der Waals surface area contributed by atoms with Crippen LogP contribution in [0.2, 0.25) is 0 Å². The van der Waals surface area contributed by atoms with Crippen molar-refractivity contribution < 1.29 is 9.13 Å². The van der Waals surface area contributed by atoms with Crippen molar-refractivity contribution in [3.8, 4) is 0 Å². The Balaban J connectivity index is 2.36. The van der Waals surface area contributed by atoms with Gasteiger partial charge in [-0.1, -0.05) is 6.07 Å². The summed E-state index contributed by atoms with van der Waals surface area (Å²) in [5.74, 6) is 0.282. The minimum Gasteiger partial charge on any atom is -0.378 e. The van der Waals surface area contributed by atoms with Gasteiger partial charge in [-0.15, -0.1) is 11.6 Å². The fourth-order valence-corrected chi connectivity index (χ4v) is 1.31. The first kappa shape index (κ1) is 12.3. The first-order valence-electron chi connectivity index (χ1n) is 4.84. The summed E-state index contributed by atoms with van der Waals surface area (Å²) in [4.78, 5) is 1.94. The summed E-state index contributed by atoms with van der Waals surface area (Å²) in [7, 11) is 1.90. The first-order chi connectivity index (χ1) is 7.24. The number of hydrogen-bond acceptors (Lipinski definition) is 2. The Morgan fingerprint density at radius 1 is 1.40 bits per heavy atom. The van der Waals surface area contributed by atoms with Crippen LogP contribution in [0.25, 0.3) is 0 Å². The van der Waals surface area contributed by atoms with Gasteiger partial charge in [0.25, 0.3) is 0 Å². The van der Waals surface area contributed by atoms with Gasteiger partial charge in [0.05, 0.1) is 13.2 Å². The molecule has 1 aromatic rings. The second kappa shape index (κ2) is 6.64. The Bertz CT molecular complexity index is 296. The van der Waals surface area contributed by atoms with E-state index in [1.165, 1.54) is 12.1 Å². The SMILES string of the molecule is CN(CCOCCCl)c1cccc(F)c1. The molecule has 0 atom stereocenters. The van der Waals surface area contributed by atoms with Crippen LogP contribution in [0.1, 0.15) is 0 Å². The minimum absolute atomic E-state index is 0.221. The molecule has 0 fully saturated rings. The van der Waals surface area contributed by atoms with Crippen LogP contribution in [0.15, 0.2) is 24.3 Å². The third kappa shape index (κ3) is 4.49. The molecule has 1 aromatic carbocycles. The smallest absolute Gasteiger partial charge is 0.125 e. The van der Waals surface area contributed by atoms with Crippen LogP contribution < -0.4 is 4.90 Å². The summed E-state index contributed by atoms with van der Waals surface area (Å²) >= 11 is 5.47. The predicted octanol–water partition coefficient (Wildman–Crippen LogP) is 2.52. The largest absolute Gasteiger partial charge is 0.378 e. The molecule has 2 nitrogen and oxygen atoms in total. The number of likely N-dealkylation sites (N-methyl/N-ethyl adjacent to an activating group) is 1. The van der Waals surface area contributed by atoms with Crippen molar-refractivity contribution in [2.75, 3.05) is 37.6 Å². The van der Waals surface area contributed by atoms with E-state index in [1.807, 2.05) is 18.0 Å². The number of halogens is 2. The topological polar surface area (TPSA) is 12.5 Å². The van der Waals surface area contributed by atoms with Crippen molar-refractivity contribution in [3.63, 3.8) is 0 Å². The van der Waals surface area contributed by atoms with E-state index in [0.717, 1.165) is 12.2 Å². The molecular weight excluding hydrogens is 217 g/mol. The van der Waals surface area contributed by atoms with Gasteiger partial charge in [-0.2, -0.15) is 0 Å². The molecule has 0 saturated heterocycles. The van der Waals surface area contributed by atoms with Gasteiger partial charge in [0, 0.05) is 25.2 Å². The maximum Gasteiger partial charge on any atom is 0.125 e. The zero-order chi connectivity index (χ0) is 11.1. The maximum atomic E-state index is 12.9. The van der Waals surface area contributed by atoms with Crippen LogP contribution in [0.5, 0.6) is 0 Å². The average molecular weight is 232 g/mol. The van der Waals surface area contributed by atoms with Gasteiger partial charge >= 0.3 is 0 Å². The van der Waals surface area contributed by atoms with E-state index >= 15 is 0 Å². The monoisotopic (exact) mass is 231 g/mol. The third-order valence-corrected chi connectivity index (χ3v) is 2.20. The average Bonchev–Trinajstić information content (AvgIpc) is 2.24. The molecular formula is C11H15ClFNO. The van der Waals surface area contributed by atoms with Gasteiger partial charge in [-0.25, -0.2) is 4.39 Å². The molecule has 0 aliphatic rings. The van der Waals surface area contributed by atoms with Gasteiger partial charge in [-0.3, -0.25) is 0 Å². The van der Waals surface area contributed by atoms with E-state index in [4.69, 9.17) is 16.3 Å². The molecule has 0 aliphatic heterocycles. The molecule has 0 N–H and O–H groups in total. The van der Waals surface area contributed by atoms with Gasteiger partial charge in [0.15, 0.2) is 0 Å². The van der Waals surface area contributed by atoms with Crippen LogP contribution in [0, 0.1) is 5.82 Å². The van der Waals surface area contributed by atoms with Crippen molar-refractivity contribution in [1.82, 2.24) is 0 Å². The van der Waals surface area contributed by atoms with E-state index in [1.54, 1.807) is 6.07 Å². The summed E-state index contributed by atoms with van der Waals surface area (Å²) in [6, 6.07) is 6.49. The third-order valence-electron chi connectivity index (χ3n) is 2.04. The molecule has 0 amide bonds. The summed E-state index contributed by atoms with van der Waals surface area (Å²) in [5, 5.41) is 0. The van der Waals surface area contributed by atoms with E-state index in [0.29, 0.717) is 19.1 Å². The van der Waals surface area contributed by atoms with Crippen LogP contribution in [0.4, 0.5) is 10.1 Å². The molecule has 84 valence electrons. The Morgan fingerprint density at radius 2 is 2.20 bits per heavy atom. The van der Waals surface area contributed by atoms with Crippen LogP contribution in [-0.4, -0.2) is 32.7 Å². The summed E-state index contributed by atoms with van der Waals surface area (Å²) < 4.78 is 18.1. The van der Waals surface area contributed by atoms with Crippen LogP contribution >= 0.6 is 11.6 Å². The molecule has 4 heteroatoms. The molecule has 0 radical (unpaired) electrons. The summed E-state index contributed by atoms with van der Waals surface area (Å²) in [6.45, 7) is 1.87. The Morgan fingerprint density at radius 3 is 2.87 bits per heavy atom. The number of nitrogens with zero attached hydrogens (tertiary/aromatic N) is 1. The van der Waals surface area contributed by atoms with Crippen molar-refractivity contribution >= 4 is 17.3 Å². The molecule has 0 heterocycles. The lowest BCUT2D eigenvalue weighted by molar-refractivity contribution is 0.156. The number of benzene rings is 1. The van der Waals surface area contributed by atoms with E-state index in [9.17, 15) is 4.39 Å². The molecule has 0 aromatic heterocycles. The number of anilines is 1. The molecule has 0 unspecified atom stereocenters. The fourth-order valence-electron chi connectivity index (χ4n) is 1.20. The van der Waals surface area contributed by atoms with Crippen molar-refractivity contribution in [3.05, 3.63) is 30.1 Å². The number of hydrogen-bond donors (Lipinski definition) is 0. The van der Waals surface area contributed by atoms with E-state index < -0.39 is 0 Å². The summed E-state index contributed by atoms with van der Waals surface area (Å²) in [6.07, 6.45) is 0. The first-order valence-corrected chi connectivity index (χ1v) is 5.38. The minimum atomic E-state index is -0.221. The van der Waals surface area contributed by atoms with Crippen molar-refractivity contribution in [2.45, 2.75) is 0 Å². The Labute approximate surface area is 94.6 Å². The zero-order valence-electron chi connectivity index (χ0n) is 8.75. The normalized spacial score (nSPS) is 10.3. The number of alkyl halides is 1. The highest BCUT2D eigenvalue weighted by Crippen LogP contribution is 2.13. The van der Waals surface area contributed by atoms with Gasteiger partial charge in [0.1, 0.15) is 5.82 Å². The maximum absolute atomic E-state index is 12.9. The molecule has 0 spiro atoms. The van der Waals surface area contributed by atoms with Crippen LogP contribution in [-0.2, 0) is 4.74 Å². The Hall–Kier alpha value is -0.800. The number of ether oxygens (including phenoxy) is 1. The molecule has 1 rings (SSSR count). The Kier molecular flexibility index (Phi) is 5.43. The standard InChI is InChI=1S/C11H15ClFNO/c1-14(6-8-15-7-5-12)11-4-2-3-10(13)9-11/h2-4,9H,5-8H2,1H3. The highest BCUT2D eigenvalue weighted by atomic mass is 35.5. The predicted molar refractivity (Wildman–Crippen MR) is 61.2 cm³/mol. The van der Waals surface area contributed by atoms with Crippen LogP contribution in [0.3, 0.4) is 0 Å². The lowest BCUT2D eigenvalue weighted by Gasteiger charge is -2.18. The second-order valence-electron chi connectivity index (χ2n) is 3.20. The molecule has 0 aliphatic carbocycles. The molecule has 0 saturated carbocycles. The fraction of sp³-hybridized carbons (Fsp3) is 0.455. The van der Waals surface area contributed by atoms with Crippen molar-refractivity contribution in [2.24, 2.45) is 0 Å². The molecule has 0 bridgehead atoms. The highest BCUT2D eigenvalue weighted by molar-refractivity contribution is 6.17. The van der Waals surface area contributed by atoms with Gasteiger partial charge < -0.3 is 9.64 Å². The van der Waals surface area contributed by atoms with Crippen molar-refractivity contribution in [1.29, 1.82) is 0 Å². The zero-order valence-corrected chi connectivity index (χ0v) is 9.51. The lowest BCUT2D eigenvalue weighted by Crippen LogP contribution is -2.22. The number of rotatable bonds is 6. The lowest BCUT2D eigenvalue weighted by atomic mass is 10.3. The molecule has 15 heavy (non-hydrogen) atoms. The van der Waals surface area contributed by atoms with Gasteiger partial charge in [-0.05, 0) is 18.2 Å². The highest BCUT2D eigenvalue weighted by Gasteiger charge is 2.01. The summed E-state index contributed by atoms with van der Waals surface area (Å²) in [5.41, 5.74) is 0.851.